The number of rotatable bonds is 7. The number of ether oxygens (including phenoxy) is 2. The Morgan fingerprint density at radius 2 is 2.27 bits per heavy atom. The highest BCUT2D eigenvalue weighted by molar-refractivity contribution is 5.04. The molecule has 0 aromatic rings. The summed E-state index contributed by atoms with van der Waals surface area (Å²) < 4.78 is 10.3. The molecule has 2 atom stereocenters. The first kappa shape index (κ1) is 12.7. The third-order valence-corrected chi connectivity index (χ3v) is 3.02. The number of nitrogens with two attached hydrogens (primary N) is 1. The highest BCUT2D eigenvalue weighted by Crippen LogP contribution is 2.36. The van der Waals surface area contributed by atoms with Crippen LogP contribution in [-0.4, -0.2) is 26.6 Å². The molecular weight excluding hydrogens is 190 g/mol. The van der Waals surface area contributed by atoms with E-state index in [1.54, 1.807) is 7.11 Å². The molecule has 0 aromatic heterocycles. The zero-order valence-corrected chi connectivity index (χ0v) is 9.87. The Bertz CT molecular complexity index is 206. The third kappa shape index (κ3) is 4.78. The summed E-state index contributed by atoms with van der Waals surface area (Å²) in [6.45, 7) is 3.49. The van der Waals surface area contributed by atoms with E-state index in [1.807, 2.05) is 0 Å². The van der Waals surface area contributed by atoms with Crippen molar-refractivity contribution in [2.24, 2.45) is 11.1 Å². The van der Waals surface area contributed by atoms with E-state index in [0.29, 0.717) is 18.6 Å². The Morgan fingerprint density at radius 1 is 1.47 bits per heavy atom. The monoisotopic (exact) mass is 213 g/mol. The second kappa shape index (κ2) is 6.26. The lowest BCUT2D eigenvalue weighted by Crippen LogP contribution is -2.27. The summed E-state index contributed by atoms with van der Waals surface area (Å²) in [4.78, 5) is 0. The predicted molar refractivity (Wildman–Crippen MR) is 61.5 cm³/mol. The quantitative estimate of drug-likeness (QED) is 0.400. The second-order valence-electron chi connectivity index (χ2n) is 4.54. The van der Waals surface area contributed by atoms with Crippen molar-refractivity contribution in [3.63, 3.8) is 0 Å². The molecule has 0 radical (unpaired) electrons. The van der Waals surface area contributed by atoms with Gasteiger partial charge in [-0.05, 0) is 31.1 Å². The fourth-order valence-corrected chi connectivity index (χ4v) is 1.91. The molecule has 0 bridgehead atoms. The van der Waals surface area contributed by atoms with Crippen LogP contribution in [0.3, 0.4) is 0 Å². The van der Waals surface area contributed by atoms with Gasteiger partial charge in [0.25, 0.3) is 0 Å². The van der Waals surface area contributed by atoms with Crippen molar-refractivity contribution >= 4 is 0 Å². The molecule has 0 fully saturated rings. The highest BCUT2D eigenvalue weighted by Gasteiger charge is 2.24. The molecule has 1 aliphatic rings. The SMILES string of the molecule is COCCOC(N)CCC1(C)C=CCC1. The van der Waals surface area contributed by atoms with Gasteiger partial charge >= 0.3 is 0 Å². The van der Waals surface area contributed by atoms with Gasteiger partial charge in [-0.25, -0.2) is 0 Å². The van der Waals surface area contributed by atoms with Crippen molar-refractivity contribution in [3.8, 4) is 0 Å². The molecule has 1 rings (SSSR count). The van der Waals surface area contributed by atoms with E-state index in [1.165, 1.54) is 12.8 Å². The predicted octanol–water partition coefficient (Wildman–Crippen LogP) is 2.07. The Labute approximate surface area is 92.6 Å². The molecule has 15 heavy (non-hydrogen) atoms. The van der Waals surface area contributed by atoms with E-state index in [0.717, 1.165) is 12.8 Å². The Balaban J connectivity index is 2.10. The topological polar surface area (TPSA) is 44.5 Å². The molecule has 0 heterocycles. The maximum Gasteiger partial charge on any atom is 0.105 e. The molecule has 3 nitrogen and oxygen atoms in total. The summed E-state index contributed by atoms with van der Waals surface area (Å²) >= 11 is 0. The Hall–Kier alpha value is -0.380. The van der Waals surface area contributed by atoms with Gasteiger partial charge in [0.2, 0.25) is 0 Å². The molecule has 0 aliphatic heterocycles. The molecule has 88 valence electrons. The fourth-order valence-electron chi connectivity index (χ4n) is 1.91. The number of hydrogen-bond donors (Lipinski definition) is 1. The van der Waals surface area contributed by atoms with Crippen LogP contribution in [0.4, 0.5) is 0 Å². The summed E-state index contributed by atoms with van der Waals surface area (Å²) in [6, 6.07) is 0. The average molecular weight is 213 g/mol. The van der Waals surface area contributed by atoms with Crippen molar-refractivity contribution in [1.29, 1.82) is 0 Å². The minimum atomic E-state index is -0.147. The molecule has 0 saturated heterocycles. The summed E-state index contributed by atoms with van der Waals surface area (Å²) in [5.74, 6) is 0. The van der Waals surface area contributed by atoms with Crippen LogP contribution in [0.1, 0.15) is 32.6 Å². The third-order valence-electron chi connectivity index (χ3n) is 3.02. The van der Waals surface area contributed by atoms with Crippen LogP contribution in [0.2, 0.25) is 0 Å². The van der Waals surface area contributed by atoms with Crippen LogP contribution in [0.15, 0.2) is 12.2 Å². The standard InChI is InChI=1S/C12H23NO2/c1-12(6-3-4-7-12)8-5-11(13)15-10-9-14-2/h3,6,11H,4-5,7-10,13H2,1-2H3. The van der Waals surface area contributed by atoms with Gasteiger partial charge in [-0.1, -0.05) is 19.1 Å². The fraction of sp³-hybridized carbons (Fsp3) is 0.833. The van der Waals surface area contributed by atoms with E-state index in [9.17, 15) is 0 Å². The molecule has 0 aromatic carbocycles. The van der Waals surface area contributed by atoms with Gasteiger partial charge in [0.05, 0.1) is 13.2 Å². The van der Waals surface area contributed by atoms with Crippen LogP contribution in [0.25, 0.3) is 0 Å². The van der Waals surface area contributed by atoms with Gasteiger partial charge < -0.3 is 15.2 Å². The van der Waals surface area contributed by atoms with Gasteiger partial charge in [0.1, 0.15) is 6.23 Å². The molecule has 2 N–H and O–H groups in total. The van der Waals surface area contributed by atoms with Crippen molar-refractivity contribution in [1.82, 2.24) is 0 Å². The van der Waals surface area contributed by atoms with Gasteiger partial charge in [-0.15, -0.1) is 0 Å². The molecule has 3 heteroatoms. The smallest absolute Gasteiger partial charge is 0.105 e. The molecule has 1 aliphatic carbocycles. The van der Waals surface area contributed by atoms with Crippen LogP contribution in [-0.2, 0) is 9.47 Å². The first-order chi connectivity index (χ1) is 7.16. The van der Waals surface area contributed by atoms with Crippen molar-refractivity contribution in [2.45, 2.75) is 38.8 Å². The van der Waals surface area contributed by atoms with E-state index < -0.39 is 0 Å². The Morgan fingerprint density at radius 3 is 2.87 bits per heavy atom. The molecule has 0 saturated carbocycles. The van der Waals surface area contributed by atoms with Crippen LogP contribution < -0.4 is 5.73 Å². The molecular formula is C12H23NO2. The summed E-state index contributed by atoms with van der Waals surface area (Å²) in [5.41, 5.74) is 6.20. The van der Waals surface area contributed by atoms with E-state index in [2.05, 4.69) is 19.1 Å². The largest absolute Gasteiger partial charge is 0.382 e. The van der Waals surface area contributed by atoms with Crippen LogP contribution >= 0.6 is 0 Å². The second-order valence-corrected chi connectivity index (χ2v) is 4.54. The maximum absolute atomic E-state index is 5.85. The lowest BCUT2D eigenvalue weighted by Gasteiger charge is -2.23. The van der Waals surface area contributed by atoms with Gasteiger partial charge in [-0.2, -0.15) is 0 Å². The van der Waals surface area contributed by atoms with E-state index >= 15 is 0 Å². The van der Waals surface area contributed by atoms with Crippen molar-refractivity contribution < 1.29 is 9.47 Å². The van der Waals surface area contributed by atoms with Crippen LogP contribution in [0.5, 0.6) is 0 Å². The maximum atomic E-state index is 5.85. The minimum Gasteiger partial charge on any atom is -0.382 e. The first-order valence-electron chi connectivity index (χ1n) is 5.70. The Kier molecular flexibility index (Phi) is 5.29. The average Bonchev–Trinajstić information content (AvgIpc) is 2.64. The number of allylic oxidation sites excluding steroid dienone is 2. The number of methoxy groups -OCH3 is 1. The van der Waals surface area contributed by atoms with E-state index in [-0.39, 0.29) is 6.23 Å². The van der Waals surface area contributed by atoms with Gasteiger partial charge in [0.15, 0.2) is 0 Å². The number of hydrogen-bond acceptors (Lipinski definition) is 3. The lowest BCUT2D eigenvalue weighted by molar-refractivity contribution is 0.0120. The van der Waals surface area contributed by atoms with Gasteiger partial charge in [0, 0.05) is 7.11 Å². The van der Waals surface area contributed by atoms with Gasteiger partial charge in [-0.3, -0.25) is 0 Å². The summed E-state index contributed by atoms with van der Waals surface area (Å²) in [5, 5.41) is 0. The summed E-state index contributed by atoms with van der Waals surface area (Å²) in [6.07, 6.45) is 8.91. The first-order valence-corrected chi connectivity index (χ1v) is 5.70. The van der Waals surface area contributed by atoms with Crippen molar-refractivity contribution in [3.05, 3.63) is 12.2 Å². The molecule has 2 unspecified atom stereocenters. The summed E-state index contributed by atoms with van der Waals surface area (Å²) in [7, 11) is 1.67. The lowest BCUT2D eigenvalue weighted by atomic mass is 9.85. The zero-order chi connectivity index (χ0) is 11.1. The van der Waals surface area contributed by atoms with Crippen LogP contribution in [0, 0.1) is 5.41 Å². The zero-order valence-electron chi connectivity index (χ0n) is 9.87. The normalized spacial score (nSPS) is 27.1. The molecule has 0 amide bonds. The van der Waals surface area contributed by atoms with E-state index in [4.69, 9.17) is 15.2 Å². The minimum absolute atomic E-state index is 0.147. The highest BCUT2D eigenvalue weighted by atomic mass is 16.5. The van der Waals surface area contributed by atoms with Crippen molar-refractivity contribution in [2.75, 3.05) is 20.3 Å². The molecule has 0 spiro atoms.